The van der Waals surface area contributed by atoms with E-state index < -0.39 is 0 Å². The first kappa shape index (κ1) is 7.47. The fourth-order valence-electron chi connectivity index (χ4n) is 0.942. The Hall–Kier alpha value is -0.640. The third kappa shape index (κ3) is 2.31. The van der Waals surface area contributed by atoms with Crippen LogP contribution >= 0.6 is 12.2 Å². The van der Waals surface area contributed by atoms with Crippen LogP contribution in [0.25, 0.3) is 0 Å². The molecule has 0 aromatic heterocycles. The number of aliphatic imine (C=N–C) groups is 1. The molecule has 56 valence electrons. The van der Waals surface area contributed by atoms with Crippen LogP contribution in [0.1, 0.15) is 19.3 Å². The Morgan fingerprint density at radius 1 is 1.60 bits per heavy atom. The number of amidine groups is 1. The van der Waals surface area contributed by atoms with E-state index in [9.17, 15) is 0 Å². The SMILES string of the molecule is NC(=S)NC1=NCCCC1. The fraction of sp³-hybridized carbons (Fsp3) is 0.667. The lowest BCUT2D eigenvalue weighted by molar-refractivity contribution is 0.727. The summed E-state index contributed by atoms with van der Waals surface area (Å²) in [6.45, 7) is 0.908. The zero-order valence-corrected chi connectivity index (χ0v) is 6.58. The van der Waals surface area contributed by atoms with Crippen molar-refractivity contribution in [1.29, 1.82) is 0 Å². The number of rotatable bonds is 0. The predicted octanol–water partition coefficient (Wildman–Crippen LogP) is 0.402. The second kappa shape index (κ2) is 3.51. The number of hydrogen-bond acceptors (Lipinski definition) is 2. The second-order valence-electron chi connectivity index (χ2n) is 2.27. The Balaban J connectivity index is 2.38. The van der Waals surface area contributed by atoms with E-state index in [2.05, 4.69) is 22.5 Å². The molecule has 1 aliphatic rings. The topological polar surface area (TPSA) is 50.4 Å². The highest BCUT2D eigenvalue weighted by atomic mass is 32.1. The first-order valence-electron chi connectivity index (χ1n) is 3.39. The molecule has 0 spiro atoms. The van der Waals surface area contributed by atoms with Crippen LogP contribution in [0.3, 0.4) is 0 Å². The quantitative estimate of drug-likeness (QED) is 0.500. The molecule has 1 rings (SSSR count). The lowest BCUT2D eigenvalue weighted by Gasteiger charge is -2.11. The van der Waals surface area contributed by atoms with E-state index in [4.69, 9.17) is 5.73 Å². The number of thiocarbonyl (C=S) groups is 1. The minimum atomic E-state index is 0.320. The van der Waals surface area contributed by atoms with E-state index in [-0.39, 0.29) is 0 Å². The number of nitrogens with one attached hydrogen (secondary N) is 1. The summed E-state index contributed by atoms with van der Waals surface area (Å²) < 4.78 is 0. The van der Waals surface area contributed by atoms with Gasteiger partial charge in [0.1, 0.15) is 5.84 Å². The molecule has 3 N–H and O–H groups in total. The first-order valence-corrected chi connectivity index (χ1v) is 3.79. The van der Waals surface area contributed by atoms with Crippen molar-refractivity contribution in [2.45, 2.75) is 19.3 Å². The summed E-state index contributed by atoms with van der Waals surface area (Å²) in [6.07, 6.45) is 3.36. The van der Waals surface area contributed by atoms with Gasteiger partial charge in [0.05, 0.1) is 0 Å². The second-order valence-corrected chi connectivity index (χ2v) is 2.71. The standard InChI is InChI=1S/C6H11N3S/c7-6(10)9-5-3-1-2-4-8-5/h1-4H2,(H3,7,8,9,10). The molecule has 10 heavy (non-hydrogen) atoms. The average molecular weight is 157 g/mol. The molecule has 0 aliphatic carbocycles. The van der Waals surface area contributed by atoms with Gasteiger partial charge < -0.3 is 11.1 Å². The maximum atomic E-state index is 5.26. The third-order valence-electron chi connectivity index (χ3n) is 1.39. The van der Waals surface area contributed by atoms with Crippen molar-refractivity contribution >= 4 is 23.2 Å². The van der Waals surface area contributed by atoms with Crippen LogP contribution in [-0.2, 0) is 0 Å². The zero-order chi connectivity index (χ0) is 7.40. The third-order valence-corrected chi connectivity index (χ3v) is 1.49. The Labute approximate surface area is 65.7 Å². The summed E-state index contributed by atoms with van der Waals surface area (Å²) in [6, 6.07) is 0. The summed E-state index contributed by atoms with van der Waals surface area (Å²) in [4.78, 5) is 4.21. The highest BCUT2D eigenvalue weighted by Gasteiger charge is 2.03. The summed E-state index contributed by atoms with van der Waals surface area (Å²) in [5.41, 5.74) is 5.26. The molecule has 3 nitrogen and oxygen atoms in total. The Morgan fingerprint density at radius 2 is 2.40 bits per heavy atom. The van der Waals surface area contributed by atoms with Crippen molar-refractivity contribution < 1.29 is 0 Å². The minimum absolute atomic E-state index is 0.320. The van der Waals surface area contributed by atoms with Gasteiger partial charge in [-0.1, -0.05) is 0 Å². The van der Waals surface area contributed by atoms with Crippen LogP contribution in [0.4, 0.5) is 0 Å². The van der Waals surface area contributed by atoms with Crippen molar-refractivity contribution in [3.63, 3.8) is 0 Å². The van der Waals surface area contributed by atoms with Crippen molar-refractivity contribution in [3.05, 3.63) is 0 Å². The Bertz CT molecular complexity index is 164. The van der Waals surface area contributed by atoms with Crippen LogP contribution in [0.5, 0.6) is 0 Å². The molecule has 0 radical (unpaired) electrons. The average Bonchev–Trinajstić information content (AvgIpc) is 1.88. The van der Waals surface area contributed by atoms with E-state index >= 15 is 0 Å². The molecular formula is C6H11N3S. The van der Waals surface area contributed by atoms with Crippen molar-refractivity contribution in [3.8, 4) is 0 Å². The zero-order valence-electron chi connectivity index (χ0n) is 5.76. The molecular weight excluding hydrogens is 146 g/mol. The van der Waals surface area contributed by atoms with Gasteiger partial charge in [0.15, 0.2) is 5.11 Å². The van der Waals surface area contributed by atoms with Crippen LogP contribution in [0.2, 0.25) is 0 Å². The maximum absolute atomic E-state index is 5.26. The van der Waals surface area contributed by atoms with Crippen LogP contribution in [-0.4, -0.2) is 17.5 Å². The van der Waals surface area contributed by atoms with Crippen LogP contribution in [0, 0.1) is 0 Å². The molecule has 1 heterocycles. The van der Waals surface area contributed by atoms with Crippen molar-refractivity contribution in [2.75, 3.05) is 6.54 Å². The van der Waals surface area contributed by atoms with Gasteiger partial charge in [0.25, 0.3) is 0 Å². The minimum Gasteiger partial charge on any atom is -0.376 e. The molecule has 4 heteroatoms. The summed E-state index contributed by atoms with van der Waals surface area (Å²) in [7, 11) is 0. The van der Waals surface area contributed by atoms with E-state index in [1.165, 1.54) is 12.8 Å². The Morgan fingerprint density at radius 3 is 2.90 bits per heavy atom. The van der Waals surface area contributed by atoms with Gasteiger partial charge in [-0.05, 0) is 25.1 Å². The summed E-state index contributed by atoms with van der Waals surface area (Å²) >= 11 is 4.66. The molecule has 0 bridgehead atoms. The van der Waals surface area contributed by atoms with Gasteiger partial charge in [0.2, 0.25) is 0 Å². The van der Waals surface area contributed by atoms with E-state index in [0.717, 1.165) is 18.8 Å². The molecule has 0 saturated heterocycles. The Kier molecular flexibility index (Phi) is 2.62. The van der Waals surface area contributed by atoms with Gasteiger partial charge in [-0.25, -0.2) is 0 Å². The number of hydrogen-bond donors (Lipinski definition) is 2. The van der Waals surface area contributed by atoms with Gasteiger partial charge in [-0.2, -0.15) is 0 Å². The molecule has 0 unspecified atom stereocenters. The maximum Gasteiger partial charge on any atom is 0.169 e. The largest absolute Gasteiger partial charge is 0.376 e. The molecule has 0 aromatic rings. The highest BCUT2D eigenvalue weighted by Crippen LogP contribution is 2.03. The van der Waals surface area contributed by atoms with E-state index in [1.54, 1.807) is 0 Å². The highest BCUT2D eigenvalue weighted by molar-refractivity contribution is 7.80. The van der Waals surface area contributed by atoms with Crippen molar-refractivity contribution in [1.82, 2.24) is 5.32 Å². The fourth-order valence-corrected chi connectivity index (χ4v) is 1.06. The molecule has 0 atom stereocenters. The van der Waals surface area contributed by atoms with Crippen LogP contribution < -0.4 is 11.1 Å². The molecule has 0 fully saturated rings. The smallest absolute Gasteiger partial charge is 0.169 e. The monoisotopic (exact) mass is 157 g/mol. The number of nitrogens with zero attached hydrogens (tertiary/aromatic N) is 1. The van der Waals surface area contributed by atoms with Gasteiger partial charge in [-0.15, -0.1) is 0 Å². The molecule has 1 aliphatic heterocycles. The summed E-state index contributed by atoms with van der Waals surface area (Å²) in [5.74, 6) is 0.943. The van der Waals surface area contributed by atoms with Crippen molar-refractivity contribution in [2.24, 2.45) is 10.7 Å². The van der Waals surface area contributed by atoms with E-state index in [0.29, 0.717) is 5.11 Å². The normalized spacial score (nSPS) is 17.8. The molecule has 0 aromatic carbocycles. The number of nitrogens with two attached hydrogens (primary N) is 1. The van der Waals surface area contributed by atoms with Gasteiger partial charge in [-0.3, -0.25) is 4.99 Å². The lowest BCUT2D eigenvalue weighted by Crippen LogP contribution is -2.35. The predicted molar refractivity (Wildman–Crippen MR) is 46.1 cm³/mol. The molecule has 0 saturated carbocycles. The van der Waals surface area contributed by atoms with Gasteiger partial charge >= 0.3 is 0 Å². The van der Waals surface area contributed by atoms with Gasteiger partial charge in [0, 0.05) is 13.0 Å². The van der Waals surface area contributed by atoms with E-state index in [1.807, 2.05) is 0 Å². The lowest BCUT2D eigenvalue weighted by atomic mass is 10.2. The first-order chi connectivity index (χ1) is 4.79. The van der Waals surface area contributed by atoms with Crippen LogP contribution in [0.15, 0.2) is 4.99 Å². The summed E-state index contributed by atoms with van der Waals surface area (Å²) in [5, 5.41) is 3.16. The molecule has 0 amide bonds.